The Hall–Kier alpha value is -2.98. The first-order valence-electron chi connectivity index (χ1n) is 10.5. The third-order valence-electron chi connectivity index (χ3n) is 4.36. The summed E-state index contributed by atoms with van der Waals surface area (Å²) < 4.78 is 10.7. The van der Waals surface area contributed by atoms with Gasteiger partial charge in [-0.25, -0.2) is 9.59 Å². The maximum Gasteiger partial charge on any atom is 0.334 e. The van der Waals surface area contributed by atoms with E-state index in [4.69, 9.17) is 9.47 Å². The number of carbonyl (C=O) groups excluding carboxylic acids is 4. The molecule has 2 rings (SSSR count). The van der Waals surface area contributed by atoms with Crippen LogP contribution >= 0.6 is 21.6 Å². The van der Waals surface area contributed by atoms with Crippen LogP contribution in [0.15, 0.2) is 48.5 Å². The normalized spacial score (nSPS) is 12.2. The molecule has 0 aromatic heterocycles. The van der Waals surface area contributed by atoms with E-state index in [2.05, 4.69) is 10.6 Å². The number of aryl methyl sites for hydroxylation is 2. The number of hydrogen-bond acceptors (Lipinski definition) is 8. The van der Waals surface area contributed by atoms with Crippen molar-refractivity contribution >= 4 is 45.3 Å². The van der Waals surface area contributed by atoms with Crippen LogP contribution < -0.4 is 20.1 Å². The van der Waals surface area contributed by atoms with Crippen LogP contribution in [0.25, 0.3) is 0 Å². The molecule has 0 spiro atoms. The molecule has 0 saturated carbocycles. The van der Waals surface area contributed by atoms with Gasteiger partial charge in [0.1, 0.15) is 23.6 Å². The van der Waals surface area contributed by atoms with E-state index in [0.717, 1.165) is 11.1 Å². The van der Waals surface area contributed by atoms with E-state index < -0.39 is 24.0 Å². The van der Waals surface area contributed by atoms with E-state index in [1.54, 1.807) is 24.3 Å². The highest BCUT2D eigenvalue weighted by molar-refractivity contribution is 8.76. The minimum atomic E-state index is -0.880. The molecule has 2 aromatic rings. The SMILES string of the molecule is CC(=O)NC(CSSCC(NC(C)=O)C(=O)Oc1ccc(C)cc1)C(=O)Oc1ccc(C)cc1. The first kappa shape index (κ1) is 27.3. The number of rotatable bonds is 11. The minimum absolute atomic E-state index is 0.203. The fraction of sp³-hybridized carbons (Fsp3) is 0.333. The summed E-state index contributed by atoms with van der Waals surface area (Å²) >= 11 is 0. The largest absolute Gasteiger partial charge is 0.425 e. The van der Waals surface area contributed by atoms with E-state index in [9.17, 15) is 19.2 Å². The molecule has 2 N–H and O–H groups in total. The zero-order valence-corrected chi connectivity index (χ0v) is 21.1. The molecule has 2 unspecified atom stereocenters. The molecule has 0 radical (unpaired) electrons. The molecular formula is C24H28N2O6S2. The molecule has 10 heteroatoms. The Kier molecular flexibility index (Phi) is 11.0. The first-order valence-corrected chi connectivity index (χ1v) is 13.0. The predicted molar refractivity (Wildman–Crippen MR) is 134 cm³/mol. The van der Waals surface area contributed by atoms with Crippen molar-refractivity contribution in [3.8, 4) is 11.5 Å². The number of hydrogen-bond donors (Lipinski definition) is 2. The van der Waals surface area contributed by atoms with Crippen molar-refractivity contribution in [3.63, 3.8) is 0 Å². The minimum Gasteiger partial charge on any atom is -0.425 e. The molecule has 182 valence electrons. The lowest BCUT2D eigenvalue weighted by atomic mass is 10.2. The zero-order valence-electron chi connectivity index (χ0n) is 19.5. The van der Waals surface area contributed by atoms with Crippen molar-refractivity contribution < 1.29 is 28.7 Å². The summed E-state index contributed by atoms with van der Waals surface area (Å²) in [6.07, 6.45) is 0. The molecule has 8 nitrogen and oxygen atoms in total. The molecule has 2 aromatic carbocycles. The summed E-state index contributed by atoms with van der Waals surface area (Å²) in [4.78, 5) is 48.2. The Morgan fingerprint density at radius 2 is 1.00 bits per heavy atom. The Labute approximate surface area is 206 Å². The Morgan fingerprint density at radius 1 is 0.676 bits per heavy atom. The van der Waals surface area contributed by atoms with Crippen molar-refractivity contribution in [3.05, 3.63) is 59.7 Å². The topological polar surface area (TPSA) is 111 Å². The van der Waals surface area contributed by atoms with Crippen molar-refractivity contribution in [2.75, 3.05) is 11.5 Å². The van der Waals surface area contributed by atoms with Crippen molar-refractivity contribution in [2.45, 2.75) is 39.8 Å². The Bertz CT molecular complexity index is 914. The highest BCUT2D eigenvalue weighted by atomic mass is 33.1. The highest BCUT2D eigenvalue weighted by Crippen LogP contribution is 2.24. The molecule has 2 amide bonds. The zero-order chi connectivity index (χ0) is 25.1. The van der Waals surface area contributed by atoms with Crippen molar-refractivity contribution in [2.24, 2.45) is 0 Å². The van der Waals surface area contributed by atoms with E-state index >= 15 is 0 Å². The summed E-state index contributed by atoms with van der Waals surface area (Å²) in [7, 11) is 2.54. The lowest BCUT2D eigenvalue weighted by Gasteiger charge is -2.18. The van der Waals surface area contributed by atoms with Gasteiger partial charge in [-0.1, -0.05) is 57.0 Å². The first-order chi connectivity index (χ1) is 16.1. The van der Waals surface area contributed by atoms with Gasteiger partial charge in [0, 0.05) is 25.4 Å². The van der Waals surface area contributed by atoms with Gasteiger partial charge in [0.2, 0.25) is 11.8 Å². The molecule has 0 saturated heterocycles. The third kappa shape index (κ3) is 9.88. The summed E-state index contributed by atoms with van der Waals surface area (Å²) in [6.45, 7) is 6.48. The predicted octanol–water partition coefficient (Wildman–Crippen LogP) is 3.21. The van der Waals surface area contributed by atoms with E-state index in [-0.39, 0.29) is 23.3 Å². The third-order valence-corrected chi connectivity index (χ3v) is 6.78. The van der Waals surface area contributed by atoms with E-state index in [0.29, 0.717) is 11.5 Å². The van der Waals surface area contributed by atoms with Gasteiger partial charge in [0.05, 0.1) is 0 Å². The average Bonchev–Trinajstić information content (AvgIpc) is 2.77. The van der Waals surface area contributed by atoms with Gasteiger partial charge in [-0.05, 0) is 38.1 Å². The molecule has 0 aliphatic heterocycles. The molecular weight excluding hydrogens is 476 g/mol. The molecule has 0 aliphatic rings. The number of benzene rings is 2. The molecule has 0 aliphatic carbocycles. The quantitative estimate of drug-likeness (QED) is 0.208. The smallest absolute Gasteiger partial charge is 0.334 e. The standard InChI is InChI=1S/C24H28N2O6S2/c1-15-5-9-19(10-6-15)31-23(29)21(25-17(3)27)13-33-34-14-22(26-18(4)28)24(30)32-20-11-7-16(2)8-12-20/h5-12,21-22H,13-14H2,1-4H3,(H,25,27)(H,26,28). The molecule has 0 bridgehead atoms. The number of amides is 2. The van der Waals surface area contributed by atoms with E-state index in [1.807, 2.05) is 38.1 Å². The van der Waals surface area contributed by atoms with Crippen LogP contribution in [-0.4, -0.2) is 47.3 Å². The number of ether oxygens (including phenoxy) is 2. The van der Waals surface area contributed by atoms with Gasteiger partial charge >= 0.3 is 11.9 Å². The lowest BCUT2D eigenvalue weighted by molar-refractivity contribution is -0.138. The summed E-state index contributed by atoms with van der Waals surface area (Å²) in [5.74, 6) is -0.748. The lowest BCUT2D eigenvalue weighted by Crippen LogP contribution is -2.44. The van der Waals surface area contributed by atoms with Gasteiger partial charge in [-0.15, -0.1) is 0 Å². The van der Waals surface area contributed by atoms with Crippen molar-refractivity contribution in [1.29, 1.82) is 0 Å². The van der Waals surface area contributed by atoms with Crippen LogP contribution in [0.2, 0.25) is 0 Å². The number of esters is 2. The van der Waals surface area contributed by atoms with Gasteiger partial charge in [-0.2, -0.15) is 0 Å². The Morgan fingerprint density at radius 3 is 1.29 bits per heavy atom. The molecule has 2 atom stereocenters. The maximum absolute atomic E-state index is 12.6. The van der Waals surface area contributed by atoms with Gasteiger partial charge in [0.15, 0.2) is 0 Å². The van der Waals surface area contributed by atoms with Crippen LogP contribution in [0.1, 0.15) is 25.0 Å². The van der Waals surface area contributed by atoms with Crippen LogP contribution in [0.3, 0.4) is 0 Å². The van der Waals surface area contributed by atoms with Crippen LogP contribution in [-0.2, 0) is 19.2 Å². The van der Waals surface area contributed by atoms with Crippen LogP contribution in [0.4, 0.5) is 0 Å². The van der Waals surface area contributed by atoms with Crippen molar-refractivity contribution in [1.82, 2.24) is 10.6 Å². The van der Waals surface area contributed by atoms with Crippen LogP contribution in [0, 0.1) is 13.8 Å². The fourth-order valence-corrected chi connectivity index (χ4v) is 4.94. The summed E-state index contributed by atoms with van der Waals surface area (Å²) in [5.41, 5.74) is 2.06. The van der Waals surface area contributed by atoms with Gasteiger partial charge in [0.25, 0.3) is 0 Å². The highest BCUT2D eigenvalue weighted by Gasteiger charge is 2.25. The number of nitrogens with one attached hydrogen (secondary N) is 2. The van der Waals surface area contributed by atoms with Crippen LogP contribution in [0.5, 0.6) is 11.5 Å². The second kappa shape index (κ2) is 13.7. The maximum atomic E-state index is 12.6. The van der Waals surface area contributed by atoms with Gasteiger partial charge < -0.3 is 20.1 Å². The molecule has 34 heavy (non-hydrogen) atoms. The van der Waals surface area contributed by atoms with E-state index in [1.165, 1.54) is 35.4 Å². The second-order valence-electron chi connectivity index (χ2n) is 7.54. The average molecular weight is 505 g/mol. The second-order valence-corrected chi connectivity index (χ2v) is 10.1. The fourth-order valence-electron chi connectivity index (χ4n) is 2.65. The molecule has 0 fully saturated rings. The summed E-state index contributed by atoms with van der Waals surface area (Å²) in [5, 5.41) is 5.17. The summed E-state index contributed by atoms with van der Waals surface area (Å²) in [6, 6.07) is 12.2. The number of carbonyl (C=O) groups is 4. The molecule has 0 heterocycles. The monoisotopic (exact) mass is 504 g/mol. The van der Waals surface area contributed by atoms with Gasteiger partial charge in [-0.3, -0.25) is 9.59 Å². The Balaban J connectivity index is 1.91.